The van der Waals surface area contributed by atoms with Crippen LogP contribution in [-0.4, -0.2) is 13.2 Å². The molecule has 0 fully saturated rings. The van der Waals surface area contributed by atoms with Gasteiger partial charge in [0.15, 0.2) is 0 Å². The monoisotopic (exact) mass is 317 g/mol. The number of nitriles is 1. The number of ether oxygens (including phenoxy) is 2. The summed E-state index contributed by atoms with van der Waals surface area (Å²) in [5.74, 6) is 1.43. The van der Waals surface area contributed by atoms with Crippen molar-refractivity contribution in [1.29, 1.82) is 5.26 Å². The second kappa shape index (κ2) is 7.52. The summed E-state index contributed by atoms with van der Waals surface area (Å²) >= 11 is 0. The lowest BCUT2D eigenvalue weighted by Crippen LogP contribution is -2.09. The molecule has 120 valence electrons. The van der Waals surface area contributed by atoms with Crippen molar-refractivity contribution in [1.82, 2.24) is 0 Å². The maximum atomic E-state index is 9.44. The third kappa shape index (κ3) is 3.49. The largest absolute Gasteiger partial charge is 0.490 e. The second-order valence-corrected chi connectivity index (χ2v) is 5.47. The molecule has 0 heterocycles. The van der Waals surface area contributed by atoms with E-state index in [0.717, 1.165) is 22.9 Å². The molecule has 0 amide bonds. The standard InChI is InChI=1S/C21H19NO2/c1-2-16-7-10-18(11-8-16)23-13-14-24-21-12-9-17-5-3-4-6-19(17)20(21)15-22/h3-12H,2,13-14H2,1H3. The first-order chi connectivity index (χ1) is 11.8. The fourth-order valence-electron chi connectivity index (χ4n) is 2.62. The third-order valence-corrected chi connectivity index (χ3v) is 3.94. The summed E-state index contributed by atoms with van der Waals surface area (Å²) in [5.41, 5.74) is 1.86. The molecule has 3 rings (SSSR count). The molecule has 24 heavy (non-hydrogen) atoms. The molecular weight excluding hydrogens is 298 g/mol. The minimum absolute atomic E-state index is 0.391. The van der Waals surface area contributed by atoms with Crippen LogP contribution in [0.1, 0.15) is 18.1 Å². The first kappa shape index (κ1) is 15.9. The Bertz CT molecular complexity index is 863. The zero-order chi connectivity index (χ0) is 16.8. The van der Waals surface area contributed by atoms with Crippen LogP contribution in [0.4, 0.5) is 0 Å². The average molecular weight is 317 g/mol. The molecule has 3 aromatic rings. The van der Waals surface area contributed by atoms with Gasteiger partial charge in [0.2, 0.25) is 0 Å². The molecule has 0 unspecified atom stereocenters. The van der Waals surface area contributed by atoms with E-state index in [9.17, 15) is 5.26 Å². The van der Waals surface area contributed by atoms with Gasteiger partial charge < -0.3 is 9.47 Å². The summed E-state index contributed by atoms with van der Waals surface area (Å²) in [6.07, 6.45) is 1.02. The van der Waals surface area contributed by atoms with E-state index in [1.54, 1.807) is 0 Å². The predicted molar refractivity (Wildman–Crippen MR) is 95.5 cm³/mol. The molecule has 0 saturated carbocycles. The number of rotatable bonds is 6. The topological polar surface area (TPSA) is 42.2 Å². The zero-order valence-electron chi connectivity index (χ0n) is 13.7. The quantitative estimate of drug-likeness (QED) is 0.617. The molecule has 0 aliphatic rings. The molecule has 0 N–H and O–H groups in total. The van der Waals surface area contributed by atoms with Crippen LogP contribution in [0.2, 0.25) is 0 Å². The summed E-state index contributed by atoms with van der Waals surface area (Å²) in [6.45, 7) is 2.95. The third-order valence-electron chi connectivity index (χ3n) is 3.94. The highest BCUT2D eigenvalue weighted by molar-refractivity contribution is 5.90. The molecule has 0 radical (unpaired) electrons. The fraction of sp³-hybridized carbons (Fsp3) is 0.190. The van der Waals surface area contributed by atoms with E-state index in [4.69, 9.17) is 9.47 Å². The van der Waals surface area contributed by atoms with Crippen LogP contribution in [0.3, 0.4) is 0 Å². The number of hydrogen-bond donors (Lipinski definition) is 0. The number of nitrogens with zero attached hydrogens (tertiary/aromatic N) is 1. The van der Waals surface area contributed by atoms with Crippen molar-refractivity contribution < 1.29 is 9.47 Å². The Balaban J connectivity index is 1.62. The number of aryl methyl sites for hydroxylation is 1. The van der Waals surface area contributed by atoms with Crippen LogP contribution >= 0.6 is 0 Å². The summed E-state index contributed by atoms with van der Waals surface area (Å²) in [6, 6.07) is 21.9. The number of hydrogen-bond acceptors (Lipinski definition) is 3. The predicted octanol–water partition coefficient (Wildman–Crippen LogP) is 4.73. The van der Waals surface area contributed by atoms with Gasteiger partial charge >= 0.3 is 0 Å². The van der Waals surface area contributed by atoms with Crippen LogP contribution in [-0.2, 0) is 6.42 Å². The van der Waals surface area contributed by atoms with Crippen LogP contribution < -0.4 is 9.47 Å². The van der Waals surface area contributed by atoms with Gasteiger partial charge in [0.1, 0.15) is 36.3 Å². The Labute approximate surface area is 142 Å². The van der Waals surface area contributed by atoms with E-state index in [2.05, 4.69) is 25.1 Å². The van der Waals surface area contributed by atoms with Gasteiger partial charge in [-0.2, -0.15) is 5.26 Å². The van der Waals surface area contributed by atoms with Gasteiger partial charge in [0.25, 0.3) is 0 Å². The molecule has 3 heteroatoms. The van der Waals surface area contributed by atoms with Crippen LogP contribution in [0.25, 0.3) is 10.8 Å². The van der Waals surface area contributed by atoms with Crippen LogP contribution in [0.5, 0.6) is 11.5 Å². The number of benzene rings is 3. The SMILES string of the molecule is CCc1ccc(OCCOc2ccc3ccccc3c2C#N)cc1. The van der Waals surface area contributed by atoms with Gasteiger partial charge in [-0.05, 0) is 35.6 Å². The second-order valence-electron chi connectivity index (χ2n) is 5.47. The van der Waals surface area contributed by atoms with Crippen molar-refractivity contribution in [3.05, 3.63) is 71.8 Å². The van der Waals surface area contributed by atoms with Crippen molar-refractivity contribution in [3.63, 3.8) is 0 Å². The van der Waals surface area contributed by atoms with E-state index in [-0.39, 0.29) is 0 Å². The number of fused-ring (bicyclic) bond motifs is 1. The van der Waals surface area contributed by atoms with E-state index >= 15 is 0 Å². The molecule has 0 bridgehead atoms. The van der Waals surface area contributed by atoms with Crippen molar-refractivity contribution in [3.8, 4) is 17.6 Å². The first-order valence-corrected chi connectivity index (χ1v) is 8.08. The minimum Gasteiger partial charge on any atom is -0.490 e. The summed E-state index contributed by atoms with van der Waals surface area (Å²) in [7, 11) is 0. The van der Waals surface area contributed by atoms with Gasteiger partial charge in [-0.15, -0.1) is 0 Å². The average Bonchev–Trinajstić information content (AvgIpc) is 2.65. The van der Waals surface area contributed by atoms with Crippen molar-refractivity contribution >= 4 is 10.8 Å². The van der Waals surface area contributed by atoms with Crippen LogP contribution in [0, 0.1) is 11.3 Å². The van der Waals surface area contributed by atoms with Crippen molar-refractivity contribution in [2.75, 3.05) is 13.2 Å². The van der Waals surface area contributed by atoms with Gasteiger partial charge in [0.05, 0.1) is 0 Å². The summed E-state index contributed by atoms with van der Waals surface area (Å²) in [5, 5.41) is 11.4. The lowest BCUT2D eigenvalue weighted by molar-refractivity contribution is 0.217. The molecule has 0 aromatic heterocycles. The highest BCUT2D eigenvalue weighted by Crippen LogP contribution is 2.27. The van der Waals surface area contributed by atoms with E-state index < -0.39 is 0 Å². The van der Waals surface area contributed by atoms with E-state index in [0.29, 0.717) is 24.5 Å². The lowest BCUT2D eigenvalue weighted by Gasteiger charge is -2.11. The molecule has 0 aliphatic carbocycles. The molecular formula is C21H19NO2. The summed E-state index contributed by atoms with van der Waals surface area (Å²) < 4.78 is 11.4. The Hall–Kier alpha value is -2.99. The van der Waals surface area contributed by atoms with Crippen molar-refractivity contribution in [2.24, 2.45) is 0 Å². The molecule has 0 saturated heterocycles. The van der Waals surface area contributed by atoms with E-state index in [1.807, 2.05) is 48.5 Å². The smallest absolute Gasteiger partial charge is 0.137 e. The summed E-state index contributed by atoms with van der Waals surface area (Å²) in [4.78, 5) is 0. The molecule has 0 aliphatic heterocycles. The van der Waals surface area contributed by atoms with E-state index in [1.165, 1.54) is 5.56 Å². The minimum atomic E-state index is 0.391. The molecule has 3 nitrogen and oxygen atoms in total. The van der Waals surface area contributed by atoms with Gasteiger partial charge in [0, 0.05) is 5.39 Å². The van der Waals surface area contributed by atoms with Gasteiger partial charge in [-0.3, -0.25) is 0 Å². The Morgan fingerprint density at radius 2 is 1.62 bits per heavy atom. The highest BCUT2D eigenvalue weighted by Gasteiger charge is 2.08. The van der Waals surface area contributed by atoms with Crippen LogP contribution in [0.15, 0.2) is 60.7 Å². The highest BCUT2D eigenvalue weighted by atomic mass is 16.5. The normalized spacial score (nSPS) is 10.3. The first-order valence-electron chi connectivity index (χ1n) is 8.08. The molecule has 0 spiro atoms. The maximum absolute atomic E-state index is 9.44. The maximum Gasteiger partial charge on any atom is 0.137 e. The Morgan fingerprint density at radius 3 is 2.38 bits per heavy atom. The van der Waals surface area contributed by atoms with Gasteiger partial charge in [-0.25, -0.2) is 0 Å². The fourth-order valence-corrected chi connectivity index (χ4v) is 2.62. The Morgan fingerprint density at radius 1 is 0.875 bits per heavy atom. The van der Waals surface area contributed by atoms with Gasteiger partial charge in [-0.1, -0.05) is 49.4 Å². The lowest BCUT2D eigenvalue weighted by atomic mass is 10.0. The molecule has 0 atom stereocenters. The zero-order valence-corrected chi connectivity index (χ0v) is 13.7. The Kier molecular flexibility index (Phi) is 4.98. The van der Waals surface area contributed by atoms with Crippen molar-refractivity contribution in [2.45, 2.75) is 13.3 Å². The molecule has 3 aromatic carbocycles.